The van der Waals surface area contributed by atoms with Crippen LogP contribution in [0.4, 0.5) is 0 Å². The maximum absolute atomic E-state index is 12.7. The highest BCUT2D eigenvalue weighted by Gasteiger charge is 2.29. The minimum atomic E-state index is -1.51. The molecule has 3 N–H and O–H groups in total. The number of halogens is 4. The molecule has 0 saturated heterocycles. The molecule has 1 unspecified atom stereocenters. The third-order valence-corrected chi connectivity index (χ3v) is 6.00. The average Bonchev–Trinajstić information content (AvgIpc) is 2.74. The zero-order valence-corrected chi connectivity index (χ0v) is 18.5. The number of carboxylic acids is 1. The van der Waals surface area contributed by atoms with Gasteiger partial charge >= 0.3 is 5.97 Å². The summed E-state index contributed by atoms with van der Waals surface area (Å²) >= 11 is 23.9. The van der Waals surface area contributed by atoms with E-state index < -0.39 is 34.3 Å². The van der Waals surface area contributed by atoms with Crippen molar-refractivity contribution < 1.29 is 24.6 Å². The second kappa shape index (κ2) is 9.91. The maximum atomic E-state index is 12.7. The highest BCUT2D eigenvalue weighted by molar-refractivity contribution is 6.54. The van der Waals surface area contributed by atoms with Gasteiger partial charge in [0.1, 0.15) is 0 Å². The molecule has 0 saturated carbocycles. The van der Waals surface area contributed by atoms with Crippen LogP contribution in [0.2, 0.25) is 20.1 Å². The molecule has 1 aliphatic heterocycles. The van der Waals surface area contributed by atoms with Gasteiger partial charge in [-0.25, -0.2) is 9.86 Å². The molecule has 1 heterocycles. The third-order valence-electron chi connectivity index (χ3n) is 4.20. The number of ether oxygens (including phenoxy) is 1. The standard InChI is InChI=1S/C20H14Cl4N2O5/c21-15-13(14(20(28)29)16(22)18(24)17(15)23)19(27)25-11-6-7-12(26(30)8-11)31-9-10-4-2-1-3-5-10/h1-8,12,30H,9H2,(H,25,27)(H,28,29). The fourth-order valence-electron chi connectivity index (χ4n) is 2.73. The first kappa shape index (κ1) is 23.4. The third kappa shape index (κ3) is 5.15. The number of carboxylic acid groups (broad SMARTS) is 1. The number of carbonyl (C=O) groups excluding carboxylic acids is 1. The van der Waals surface area contributed by atoms with E-state index in [0.29, 0.717) is 0 Å². The lowest BCUT2D eigenvalue weighted by Gasteiger charge is -2.26. The second-order valence-electron chi connectivity index (χ2n) is 6.28. The molecule has 11 heteroatoms. The first-order chi connectivity index (χ1) is 14.7. The predicted octanol–water partition coefficient (Wildman–Crippen LogP) is 5.37. The van der Waals surface area contributed by atoms with Gasteiger partial charge in [0.05, 0.1) is 49.7 Å². The minimum Gasteiger partial charge on any atom is -0.478 e. The number of hydrogen-bond acceptors (Lipinski definition) is 5. The van der Waals surface area contributed by atoms with Gasteiger partial charge in [-0.2, -0.15) is 0 Å². The number of amides is 1. The monoisotopic (exact) mass is 502 g/mol. The summed E-state index contributed by atoms with van der Waals surface area (Å²) in [5.41, 5.74) is 0.0000623. The van der Waals surface area contributed by atoms with Crippen LogP contribution in [0.3, 0.4) is 0 Å². The first-order valence-electron chi connectivity index (χ1n) is 8.64. The van der Waals surface area contributed by atoms with Gasteiger partial charge in [-0.3, -0.25) is 10.0 Å². The fraction of sp³-hybridized carbons (Fsp3) is 0.100. The van der Waals surface area contributed by atoms with E-state index >= 15 is 0 Å². The molecule has 31 heavy (non-hydrogen) atoms. The molecular weight excluding hydrogens is 490 g/mol. The molecular formula is C20H14Cl4N2O5. The van der Waals surface area contributed by atoms with Crippen LogP contribution in [0, 0.1) is 0 Å². The highest BCUT2D eigenvalue weighted by atomic mass is 35.5. The Hall–Kier alpha value is -2.26. The van der Waals surface area contributed by atoms with E-state index in [-0.39, 0.29) is 27.4 Å². The predicted molar refractivity (Wildman–Crippen MR) is 117 cm³/mol. The lowest BCUT2D eigenvalue weighted by atomic mass is 10.1. The summed E-state index contributed by atoms with van der Waals surface area (Å²) in [7, 11) is 0. The largest absolute Gasteiger partial charge is 0.478 e. The summed E-state index contributed by atoms with van der Waals surface area (Å²) in [4.78, 5) is 24.4. The van der Waals surface area contributed by atoms with Crippen molar-refractivity contribution in [2.45, 2.75) is 12.8 Å². The maximum Gasteiger partial charge on any atom is 0.338 e. The van der Waals surface area contributed by atoms with Gasteiger partial charge in [0.15, 0.2) is 6.23 Å². The fourth-order valence-corrected chi connectivity index (χ4v) is 3.75. The Labute approximate surface area is 197 Å². The number of allylic oxidation sites excluding steroid dienone is 1. The molecule has 0 bridgehead atoms. The molecule has 0 fully saturated rings. The second-order valence-corrected chi connectivity index (χ2v) is 7.79. The van der Waals surface area contributed by atoms with Crippen LogP contribution in [0.15, 0.2) is 54.4 Å². The van der Waals surface area contributed by atoms with Gasteiger partial charge in [0, 0.05) is 0 Å². The zero-order chi connectivity index (χ0) is 22.7. The molecule has 0 aliphatic carbocycles. The van der Waals surface area contributed by atoms with Gasteiger partial charge in [-0.1, -0.05) is 76.7 Å². The summed E-state index contributed by atoms with van der Waals surface area (Å²) in [6.45, 7) is 0.252. The van der Waals surface area contributed by atoms with E-state index in [1.807, 2.05) is 30.3 Å². The molecule has 162 valence electrons. The summed E-state index contributed by atoms with van der Waals surface area (Å²) in [5, 5.41) is 21.5. The Kier molecular flexibility index (Phi) is 7.48. The van der Waals surface area contributed by atoms with Crippen molar-refractivity contribution in [1.82, 2.24) is 10.4 Å². The molecule has 1 amide bonds. The van der Waals surface area contributed by atoms with E-state index in [0.717, 1.165) is 10.6 Å². The Balaban J connectivity index is 1.76. The lowest BCUT2D eigenvalue weighted by molar-refractivity contribution is -0.168. The van der Waals surface area contributed by atoms with E-state index in [9.17, 15) is 19.9 Å². The van der Waals surface area contributed by atoms with Crippen LogP contribution in [-0.2, 0) is 11.3 Å². The van der Waals surface area contributed by atoms with Crippen molar-refractivity contribution in [3.05, 3.63) is 91.2 Å². The van der Waals surface area contributed by atoms with Crippen molar-refractivity contribution in [3.63, 3.8) is 0 Å². The van der Waals surface area contributed by atoms with Crippen molar-refractivity contribution in [1.29, 1.82) is 0 Å². The van der Waals surface area contributed by atoms with Crippen LogP contribution in [0.1, 0.15) is 26.3 Å². The lowest BCUT2D eigenvalue weighted by Crippen LogP contribution is -2.34. The quantitative estimate of drug-likeness (QED) is 0.362. The molecule has 1 aliphatic rings. The van der Waals surface area contributed by atoms with Crippen molar-refractivity contribution >= 4 is 58.3 Å². The summed E-state index contributed by atoms with van der Waals surface area (Å²) in [6, 6.07) is 9.36. The molecule has 7 nitrogen and oxygen atoms in total. The molecule has 2 aromatic carbocycles. The number of hydrogen-bond donors (Lipinski definition) is 3. The summed E-state index contributed by atoms with van der Waals surface area (Å²) in [5.74, 6) is -2.42. The van der Waals surface area contributed by atoms with Gasteiger partial charge in [0.2, 0.25) is 0 Å². The van der Waals surface area contributed by atoms with Gasteiger partial charge in [-0.05, 0) is 17.7 Å². The number of hydroxylamine groups is 2. The van der Waals surface area contributed by atoms with Crippen LogP contribution in [0.25, 0.3) is 0 Å². The van der Waals surface area contributed by atoms with Crippen molar-refractivity contribution in [2.24, 2.45) is 0 Å². The number of rotatable bonds is 6. The van der Waals surface area contributed by atoms with E-state index in [1.165, 1.54) is 18.4 Å². The molecule has 2 aromatic rings. The zero-order valence-electron chi connectivity index (χ0n) is 15.5. The number of aromatic carboxylic acids is 1. The Bertz CT molecular complexity index is 1090. The van der Waals surface area contributed by atoms with E-state index in [2.05, 4.69) is 5.32 Å². The van der Waals surface area contributed by atoms with Crippen LogP contribution in [-0.4, -0.2) is 33.5 Å². The van der Waals surface area contributed by atoms with Gasteiger partial charge in [-0.15, -0.1) is 0 Å². The molecule has 1 atom stereocenters. The Morgan fingerprint density at radius 2 is 1.61 bits per heavy atom. The number of nitrogens with zero attached hydrogens (tertiary/aromatic N) is 1. The van der Waals surface area contributed by atoms with Gasteiger partial charge in [0.25, 0.3) is 5.91 Å². The van der Waals surface area contributed by atoms with Crippen molar-refractivity contribution in [2.75, 3.05) is 0 Å². The summed E-state index contributed by atoms with van der Waals surface area (Å²) < 4.78 is 5.62. The van der Waals surface area contributed by atoms with Crippen molar-refractivity contribution in [3.8, 4) is 0 Å². The number of carbonyl (C=O) groups is 2. The molecule has 0 spiro atoms. The SMILES string of the molecule is O=C(O)c1c(Cl)c(Cl)c(Cl)c(Cl)c1C(=O)NC1=CN(O)C(OCc2ccccc2)C=C1. The Morgan fingerprint density at radius 3 is 2.19 bits per heavy atom. The van der Waals surface area contributed by atoms with Crippen LogP contribution in [0.5, 0.6) is 0 Å². The van der Waals surface area contributed by atoms with E-state index in [1.54, 1.807) is 0 Å². The number of benzene rings is 2. The molecule has 0 radical (unpaired) electrons. The van der Waals surface area contributed by atoms with E-state index in [4.69, 9.17) is 51.1 Å². The first-order valence-corrected chi connectivity index (χ1v) is 10.1. The van der Waals surface area contributed by atoms with Gasteiger partial charge < -0.3 is 15.2 Å². The Morgan fingerprint density at radius 1 is 1.00 bits per heavy atom. The molecule has 0 aromatic heterocycles. The summed E-state index contributed by atoms with van der Waals surface area (Å²) in [6.07, 6.45) is 3.38. The van der Waals surface area contributed by atoms with Crippen LogP contribution >= 0.6 is 46.4 Å². The van der Waals surface area contributed by atoms with Crippen LogP contribution < -0.4 is 5.32 Å². The number of nitrogens with one attached hydrogen (secondary N) is 1. The smallest absolute Gasteiger partial charge is 0.338 e. The normalized spacial score (nSPS) is 15.6. The molecule has 3 rings (SSSR count). The minimum absolute atomic E-state index is 0.140. The highest BCUT2D eigenvalue weighted by Crippen LogP contribution is 2.41. The topological polar surface area (TPSA) is 99.1 Å². The average molecular weight is 504 g/mol.